The van der Waals surface area contributed by atoms with Crippen molar-refractivity contribution in [3.63, 3.8) is 0 Å². The van der Waals surface area contributed by atoms with Crippen LogP contribution in [0.15, 0.2) is 17.0 Å². The van der Waals surface area contributed by atoms with Gasteiger partial charge < -0.3 is 14.6 Å². The van der Waals surface area contributed by atoms with E-state index in [0.29, 0.717) is 16.9 Å². The molecule has 0 aliphatic carbocycles. The Morgan fingerprint density at radius 1 is 1.25 bits per heavy atom. The molecule has 0 aliphatic rings. The van der Waals surface area contributed by atoms with Crippen molar-refractivity contribution in [3.05, 3.63) is 23.3 Å². The van der Waals surface area contributed by atoms with E-state index >= 15 is 0 Å². The first-order chi connectivity index (χ1) is 11.1. The summed E-state index contributed by atoms with van der Waals surface area (Å²) in [6.07, 6.45) is 0. The number of hydrogen-bond donors (Lipinski definition) is 1. The van der Waals surface area contributed by atoms with Gasteiger partial charge in [-0.05, 0) is 51.0 Å². The first-order valence-electron chi connectivity index (χ1n) is 7.57. The van der Waals surface area contributed by atoms with Gasteiger partial charge in [-0.2, -0.15) is 4.31 Å². The van der Waals surface area contributed by atoms with Gasteiger partial charge in [0.1, 0.15) is 12.4 Å². The highest BCUT2D eigenvalue weighted by atomic mass is 32.2. The normalized spacial score (nSPS) is 12.0. The Morgan fingerprint density at radius 2 is 1.79 bits per heavy atom. The molecular formula is C16H25NO6S. The van der Waals surface area contributed by atoms with Gasteiger partial charge in [-0.25, -0.2) is 13.2 Å². The number of aliphatic carboxylic acids is 1. The van der Waals surface area contributed by atoms with Crippen molar-refractivity contribution in [2.24, 2.45) is 0 Å². The summed E-state index contributed by atoms with van der Waals surface area (Å²) >= 11 is 0. The summed E-state index contributed by atoms with van der Waals surface area (Å²) in [5.74, 6) is -0.486. The Bertz CT molecular complexity index is 661. The van der Waals surface area contributed by atoms with Gasteiger partial charge >= 0.3 is 5.97 Å². The van der Waals surface area contributed by atoms with Crippen molar-refractivity contribution in [2.75, 3.05) is 26.9 Å². The molecule has 0 bridgehead atoms. The van der Waals surface area contributed by atoms with Gasteiger partial charge in [-0.3, -0.25) is 0 Å². The van der Waals surface area contributed by atoms with Gasteiger partial charge in [-0.15, -0.1) is 0 Å². The highest BCUT2D eigenvalue weighted by Gasteiger charge is 2.30. The third-order valence-corrected chi connectivity index (χ3v) is 5.88. The number of carbonyl (C=O) groups is 1. The van der Waals surface area contributed by atoms with Gasteiger partial charge in [0.2, 0.25) is 10.0 Å². The van der Waals surface area contributed by atoms with E-state index < -0.39 is 22.6 Å². The van der Waals surface area contributed by atoms with E-state index in [4.69, 9.17) is 14.6 Å². The van der Waals surface area contributed by atoms with Crippen LogP contribution in [0.3, 0.4) is 0 Å². The van der Waals surface area contributed by atoms with E-state index in [9.17, 15) is 13.2 Å². The van der Waals surface area contributed by atoms with Crippen molar-refractivity contribution >= 4 is 16.0 Å². The standard InChI is InChI=1S/C16H25NO6S/c1-11(2)17(6-7-23-10-15(18)19)24(20,21)16-12(3)8-14(22-5)9-13(16)4/h8-9,11H,6-7,10H2,1-5H3,(H,18,19). The van der Waals surface area contributed by atoms with Crippen LogP contribution >= 0.6 is 0 Å². The lowest BCUT2D eigenvalue weighted by Gasteiger charge is -2.27. The van der Waals surface area contributed by atoms with Crippen LogP contribution in [-0.2, 0) is 19.6 Å². The second-order valence-electron chi connectivity index (χ2n) is 5.75. The maximum absolute atomic E-state index is 13.1. The average molecular weight is 359 g/mol. The number of nitrogens with zero attached hydrogens (tertiary/aromatic N) is 1. The van der Waals surface area contributed by atoms with Crippen LogP contribution < -0.4 is 4.74 Å². The van der Waals surface area contributed by atoms with Crippen molar-refractivity contribution in [1.29, 1.82) is 0 Å². The van der Waals surface area contributed by atoms with Crippen molar-refractivity contribution < 1.29 is 27.8 Å². The van der Waals surface area contributed by atoms with Crippen LogP contribution in [0.2, 0.25) is 0 Å². The number of carboxylic acids is 1. The minimum atomic E-state index is -3.74. The number of ether oxygens (including phenoxy) is 2. The maximum Gasteiger partial charge on any atom is 0.329 e. The maximum atomic E-state index is 13.1. The number of sulfonamides is 1. The summed E-state index contributed by atoms with van der Waals surface area (Å²) in [6.45, 7) is 6.62. The molecule has 0 fully saturated rings. The largest absolute Gasteiger partial charge is 0.497 e. The predicted molar refractivity (Wildman–Crippen MR) is 90.0 cm³/mol. The van der Waals surface area contributed by atoms with E-state index in [2.05, 4.69) is 0 Å². The molecule has 0 radical (unpaired) electrons. The van der Waals surface area contributed by atoms with Gasteiger partial charge in [0.25, 0.3) is 0 Å². The lowest BCUT2D eigenvalue weighted by molar-refractivity contribution is -0.142. The van der Waals surface area contributed by atoms with Gasteiger partial charge in [0, 0.05) is 12.6 Å². The summed E-state index contributed by atoms with van der Waals surface area (Å²) in [6, 6.07) is 3.07. The van der Waals surface area contributed by atoms with Crippen molar-refractivity contribution in [1.82, 2.24) is 4.31 Å². The first-order valence-corrected chi connectivity index (χ1v) is 9.01. The van der Waals surface area contributed by atoms with Crippen LogP contribution in [0.1, 0.15) is 25.0 Å². The molecule has 0 amide bonds. The average Bonchev–Trinajstić information content (AvgIpc) is 2.44. The van der Waals surface area contributed by atoms with E-state index in [1.165, 1.54) is 11.4 Å². The molecule has 0 unspecified atom stereocenters. The Hall–Kier alpha value is -1.64. The fourth-order valence-electron chi connectivity index (χ4n) is 2.52. The minimum Gasteiger partial charge on any atom is -0.497 e. The van der Waals surface area contributed by atoms with Gasteiger partial charge in [-0.1, -0.05) is 0 Å². The molecule has 0 spiro atoms. The zero-order chi connectivity index (χ0) is 18.5. The summed E-state index contributed by atoms with van der Waals surface area (Å²) < 4.78 is 37.6. The van der Waals surface area contributed by atoms with Crippen LogP contribution in [-0.4, -0.2) is 56.7 Å². The van der Waals surface area contributed by atoms with E-state index in [1.807, 2.05) is 0 Å². The topological polar surface area (TPSA) is 93.1 Å². The summed E-state index contributed by atoms with van der Waals surface area (Å²) in [5.41, 5.74) is 1.20. The molecule has 0 saturated carbocycles. The second-order valence-corrected chi connectivity index (χ2v) is 7.57. The number of rotatable bonds is 9. The molecule has 0 saturated heterocycles. The third kappa shape index (κ3) is 4.93. The molecule has 1 aromatic rings. The highest BCUT2D eigenvalue weighted by Crippen LogP contribution is 2.29. The molecule has 1 N–H and O–H groups in total. The lowest BCUT2D eigenvalue weighted by Crippen LogP contribution is -2.40. The van der Waals surface area contributed by atoms with Crippen LogP contribution in [0.5, 0.6) is 5.75 Å². The SMILES string of the molecule is COc1cc(C)c(S(=O)(=O)N(CCOCC(=O)O)C(C)C)c(C)c1. The van der Waals surface area contributed by atoms with Crippen LogP contribution in [0, 0.1) is 13.8 Å². The fourth-order valence-corrected chi connectivity index (χ4v) is 4.56. The lowest BCUT2D eigenvalue weighted by atomic mass is 10.1. The molecule has 136 valence electrons. The van der Waals surface area contributed by atoms with E-state index in [0.717, 1.165) is 0 Å². The minimum absolute atomic E-state index is 0.0119. The molecule has 0 aromatic heterocycles. The number of aryl methyl sites for hydroxylation is 2. The fraction of sp³-hybridized carbons (Fsp3) is 0.562. The quantitative estimate of drug-likeness (QED) is 0.676. The molecule has 1 rings (SSSR count). The molecule has 0 heterocycles. The predicted octanol–water partition coefficient (Wildman–Crippen LogP) is 1.81. The molecule has 24 heavy (non-hydrogen) atoms. The molecule has 8 heteroatoms. The molecular weight excluding hydrogens is 334 g/mol. The molecule has 1 aromatic carbocycles. The second kappa shape index (κ2) is 8.46. The Labute approximate surface area is 143 Å². The monoisotopic (exact) mass is 359 g/mol. The van der Waals surface area contributed by atoms with Crippen LogP contribution in [0.25, 0.3) is 0 Å². The Morgan fingerprint density at radius 3 is 2.21 bits per heavy atom. The van der Waals surface area contributed by atoms with Crippen molar-refractivity contribution in [2.45, 2.75) is 38.6 Å². The van der Waals surface area contributed by atoms with Crippen molar-refractivity contribution in [3.8, 4) is 5.75 Å². The number of hydrogen-bond acceptors (Lipinski definition) is 5. The molecule has 0 atom stereocenters. The first kappa shape index (κ1) is 20.4. The zero-order valence-corrected chi connectivity index (χ0v) is 15.5. The zero-order valence-electron chi connectivity index (χ0n) is 14.7. The summed E-state index contributed by atoms with van der Waals surface area (Å²) in [4.78, 5) is 10.7. The summed E-state index contributed by atoms with van der Waals surface area (Å²) in [5, 5.41) is 8.58. The highest BCUT2D eigenvalue weighted by molar-refractivity contribution is 7.89. The Kier molecular flexibility index (Phi) is 7.19. The van der Waals surface area contributed by atoms with Gasteiger partial charge in [0.15, 0.2) is 0 Å². The van der Waals surface area contributed by atoms with E-state index in [1.54, 1.807) is 39.8 Å². The number of methoxy groups -OCH3 is 1. The van der Waals surface area contributed by atoms with Crippen LogP contribution in [0.4, 0.5) is 0 Å². The third-order valence-electron chi connectivity index (χ3n) is 3.49. The van der Waals surface area contributed by atoms with Gasteiger partial charge in [0.05, 0.1) is 18.6 Å². The Balaban J connectivity index is 3.11. The summed E-state index contributed by atoms with van der Waals surface area (Å²) in [7, 11) is -2.21. The number of benzene rings is 1. The van der Waals surface area contributed by atoms with E-state index in [-0.39, 0.29) is 24.1 Å². The molecule has 7 nitrogen and oxygen atoms in total. The molecule has 0 aliphatic heterocycles. The smallest absolute Gasteiger partial charge is 0.329 e. The number of carboxylic acid groups (broad SMARTS) is 1.